The maximum absolute atomic E-state index is 8.93. The van der Waals surface area contributed by atoms with Crippen LogP contribution in [0.1, 0.15) is 11.3 Å². The number of fused-ring (bicyclic) bond motifs is 1. The molecule has 0 fully saturated rings. The molecule has 1 aromatic carbocycles. The topological polar surface area (TPSA) is 54.5 Å². The molecule has 0 atom stereocenters. The van der Waals surface area contributed by atoms with Crippen molar-refractivity contribution in [1.29, 1.82) is 5.26 Å². The number of rotatable bonds is 1. The molecule has 0 saturated heterocycles. The molecule has 0 unspecified atom stereocenters. The van der Waals surface area contributed by atoms with Crippen LogP contribution < -0.4 is 0 Å². The minimum atomic E-state index is 0.627. The van der Waals surface area contributed by atoms with Crippen molar-refractivity contribution >= 4 is 11.2 Å². The maximum Gasteiger partial charge on any atom is 0.164 e. The van der Waals surface area contributed by atoms with Gasteiger partial charge in [0, 0.05) is 11.4 Å². The number of nitriles is 1. The molecule has 3 rings (SSSR count). The predicted molar refractivity (Wildman–Crippen MR) is 68.3 cm³/mol. The summed E-state index contributed by atoms with van der Waals surface area (Å²) in [6.45, 7) is 1.95. The molecule has 0 aliphatic rings. The lowest BCUT2D eigenvalue weighted by Crippen LogP contribution is -1.95. The molecular formula is C14H10N4. The summed E-state index contributed by atoms with van der Waals surface area (Å²) in [7, 11) is 0. The molecule has 18 heavy (non-hydrogen) atoms. The highest BCUT2D eigenvalue weighted by atomic mass is 15.1. The van der Waals surface area contributed by atoms with E-state index in [0.717, 1.165) is 22.5 Å². The predicted octanol–water partition coefficient (Wildman–Crippen LogP) is 2.60. The highest BCUT2D eigenvalue weighted by Crippen LogP contribution is 2.17. The van der Waals surface area contributed by atoms with E-state index in [1.807, 2.05) is 41.8 Å². The van der Waals surface area contributed by atoms with Crippen LogP contribution in [0.15, 0.2) is 42.7 Å². The monoisotopic (exact) mass is 234 g/mol. The van der Waals surface area contributed by atoms with Gasteiger partial charge in [0.05, 0.1) is 11.6 Å². The minimum Gasteiger partial charge on any atom is -0.283 e. The summed E-state index contributed by atoms with van der Waals surface area (Å²) in [4.78, 5) is 8.79. The first-order chi connectivity index (χ1) is 8.78. The van der Waals surface area contributed by atoms with Crippen molar-refractivity contribution in [3.63, 3.8) is 0 Å². The standard InChI is InChI=1S/C14H10N4/c1-10-5-6-13-14(17-10)18(9-16-13)12-4-2-3-11(7-12)8-15/h2-7,9H,1H3. The Labute approximate surface area is 104 Å². The van der Waals surface area contributed by atoms with Gasteiger partial charge in [-0.25, -0.2) is 9.97 Å². The van der Waals surface area contributed by atoms with E-state index >= 15 is 0 Å². The van der Waals surface area contributed by atoms with E-state index in [9.17, 15) is 0 Å². The Morgan fingerprint density at radius 2 is 2.11 bits per heavy atom. The molecule has 0 bridgehead atoms. The van der Waals surface area contributed by atoms with E-state index in [4.69, 9.17) is 5.26 Å². The normalized spacial score (nSPS) is 10.4. The summed E-state index contributed by atoms with van der Waals surface area (Å²) in [6.07, 6.45) is 1.73. The Bertz CT molecular complexity index is 765. The van der Waals surface area contributed by atoms with Gasteiger partial charge in [-0.15, -0.1) is 0 Å². The first-order valence-corrected chi connectivity index (χ1v) is 5.59. The van der Waals surface area contributed by atoms with Crippen molar-refractivity contribution in [2.75, 3.05) is 0 Å². The van der Waals surface area contributed by atoms with Crippen LogP contribution in [0.4, 0.5) is 0 Å². The van der Waals surface area contributed by atoms with E-state index in [0.29, 0.717) is 5.56 Å². The molecule has 0 N–H and O–H groups in total. The second-order valence-corrected chi connectivity index (χ2v) is 4.07. The van der Waals surface area contributed by atoms with Gasteiger partial charge in [-0.05, 0) is 37.3 Å². The molecule has 0 radical (unpaired) electrons. The smallest absolute Gasteiger partial charge is 0.164 e. The van der Waals surface area contributed by atoms with Crippen LogP contribution in [0.25, 0.3) is 16.9 Å². The zero-order valence-electron chi connectivity index (χ0n) is 9.83. The van der Waals surface area contributed by atoms with Crippen LogP contribution in [0.5, 0.6) is 0 Å². The molecule has 4 nitrogen and oxygen atoms in total. The van der Waals surface area contributed by atoms with Crippen molar-refractivity contribution in [1.82, 2.24) is 14.5 Å². The van der Waals surface area contributed by atoms with Gasteiger partial charge in [-0.1, -0.05) is 6.07 Å². The molecular weight excluding hydrogens is 224 g/mol. The molecule has 0 saturated carbocycles. The van der Waals surface area contributed by atoms with Gasteiger partial charge < -0.3 is 0 Å². The SMILES string of the molecule is Cc1ccc2ncn(-c3cccc(C#N)c3)c2n1. The second kappa shape index (κ2) is 3.97. The fourth-order valence-electron chi connectivity index (χ4n) is 1.90. The molecule has 0 amide bonds. The number of aromatic nitrogens is 3. The number of hydrogen-bond acceptors (Lipinski definition) is 3. The van der Waals surface area contributed by atoms with Gasteiger partial charge in [0.15, 0.2) is 5.65 Å². The number of benzene rings is 1. The van der Waals surface area contributed by atoms with Gasteiger partial charge in [0.2, 0.25) is 0 Å². The molecule has 2 heterocycles. The first kappa shape index (κ1) is 10.5. The van der Waals surface area contributed by atoms with E-state index in [2.05, 4.69) is 16.0 Å². The third-order valence-electron chi connectivity index (χ3n) is 2.79. The van der Waals surface area contributed by atoms with Gasteiger partial charge in [-0.2, -0.15) is 5.26 Å². The molecule has 3 aromatic rings. The van der Waals surface area contributed by atoms with Gasteiger partial charge >= 0.3 is 0 Å². The average molecular weight is 234 g/mol. The Morgan fingerprint density at radius 1 is 1.22 bits per heavy atom. The lowest BCUT2D eigenvalue weighted by atomic mass is 10.2. The molecule has 0 aliphatic carbocycles. The summed E-state index contributed by atoms with van der Waals surface area (Å²) < 4.78 is 1.89. The van der Waals surface area contributed by atoms with Crippen LogP contribution in [-0.2, 0) is 0 Å². The summed E-state index contributed by atoms with van der Waals surface area (Å²) in [5.74, 6) is 0. The van der Waals surface area contributed by atoms with Crippen molar-refractivity contribution in [3.05, 3.63) is 54.0 Å². The number of aryl methyl sites for hydroxylation is 1. The van der Waals surface area contributed by atoms with Gasteiger partial charge in [0.25, 0.3) is 0 Å². The molecule has 4 heteroatoms. The van der Waals surface area contributed by atoms with Crippen LogP contribution in [-0.4, -0.2) is 14.5 Å². The number of imidazole rings is 1. The van der Waals surface area contributed by atoms with E-state index in [-0.39, 0.29) is 0 Å². The summed E-state index contributed by atoms with van der Waals surface area (Å²) >= 11 is 0. The zero-order valence-corrected chi connectivity index (χ0v) is 9.83. The van der Waals surface area contributed by atoms with Crippen LogP contribution in [0.3, 0.4) is 0 Å². The third-order valence-corrected chi connectivity index (χ3v) is 2.79. The van der Waals surface area contributed by atoms with Gasteiger partial charge in [0.1, 0.15) is 11.8 Å². The zero-order chi connectivity index (χ0) is 12.5. The molecule has 0 spiro atoms. The Balaban J connectivity index is 2.25. The largest absolute Gasteiger partial charge is 0.283 e. The fourth-order valence-corrected chi connectivity index (χ4v) is 1.90. The number of pyridine rings is 1. The molecule has 2 aromatic heterocycles. The fraction of sp³-hybridized carbons (Fsp3) is 0.0714. The maximum atomic E-state index is 8.93. The Hall–Kier alpha value is -2.67. The van der Waals surface area contributed by atoms with E-state index in [1.54, 1.807) is 12.4 Å². The quantitative estimate of drug-likeness (QED) is 0.650. The molecule has 0 aliphatic heterocycles. The van der Waals surface area contributed by atoms with Crippen LogP contribution in [0.2, 0.25) is 0 Å². The van der Waals surface area contributed by atoms with Crippen LogP contribution >= 0.6 is 0 Å². The summed E-state index contributed by atoms with van der Waals surface area (Å²) in [5, 5.41) is 8.93. The average Bonchev–Trinajstić information content (AvgIpc) is 2.81. The lowest BCUT2D eigenvalue weighted by molar-refractivity contribution is 1.06. The molecule has 86 valence electrons. The Kier molecular flexibility index (Phi) is 2.31. The first-order valence-electron chi connectivity index (χ1n) is 5.59. The van der Waals surface area contributed by atoms with Crippen molar-refractivity contribution in [2.45, 2.75) is 6.92 Å². The van der Waals surface area contributed by atoms with E-state index < -0.39 is 0 Å². The van der Waals surface area contributed by atoms with Crippen molar-refractivity contribution < 1.29 is 0 Å². The van der Waals surface area contributed by atoms with Crippen molar-refractivity contribution in [3.8, 4) is 11.8 Å². The highest BCUT2D eigenvalue weighted by molar-refractivity contribution is 5.73. The van der Waals surface area contributed by atoms with Gasteiger partial charge in [-0.3, -0.25) is 4.57 Å². The number of hydrogen-bond donors (Lipinski definition) is 0. The van der Waals surface area contributed by atoms with Crippen LogP contribution in [0, 0.1) is 18.3 Å². The number of nitrogens with zero attached hydrogens (tertiary/aromatic N) is 4. The highest BCUT2D eigenvalue weighted by Gasteiger charge is 2.06. The second-order valence-electron chi connectivity index (χ2n) is 4.07. The van der Waals surface area contributed by atoms with E-state index in [1.165, 1.54) is 0 Å². The lowest BCUT2D eigenvalue weighted by Gasteiger charge is -2.04. The van der Waals surface area contributed by atoms with Crippen molar-refractivity contribution in [2.24, 2.45) is 0 Å². The minimum absolute atomic E-state index is 0.627. The third kappa shape index (κ3) is 1.62. The summed E-state index contributed by atoms with van der Waals surface area (Å²) in [5.41, 5.74) is 4.13. The Morgan fingerprint density at radius 3 is 2.94 bits per heavy atom. The summed E-state index contributed by atoms with van der Waals surface area (Å²) in [6, 6.07) is 13.4.